The van der Waals surface area contributed by atoms with Crippen LogP contribution in [0.1, 0.15) is 5.69 Å². The van der Waals surface area contributed by atoms with Crippen molar-refractivity contribution in [2.75, 3.05) is 5.73 Å². The summed E-state index contributed by atoms with van der Waals surface area (Å²) in [5.41, 5.74) is 6.21. The van der Waals surface area contributed by atoms with Crippen molar-refractivity contribution in [3.8, 4) is 0 Å². The van der Waals surface area contributed by atoms with Gasteiger partial charge < -0.3 is 5.73 Å². The minimum absolute atomic E-state index is 0.0306. The molecule has 68 valence electrons. The van der Waals surface area contributed by atoms with Crippen LogP contribution in [0.3, 0.4) is 0 Å². The summed E-state index contributed by atoms with van der Waals surface area (Å²) in [6.07, 6.45) is 2.09. The molecule has 0 amide bonds. The second kappa shape index (κ2) is 3.75. The lowest BCUT2D eigenvalue weighted by Crippen LogP contribution is -1.99. The fourth-order valence-electron chi connectivity index (χ4n) is 0.841. The Morgan fingerprint density at radius 3 is 2.77 bits per heavy atom. The van der Waals surface area contributed by atoms with Crippen molar-refractivity contribution >= 4 is 17.7 Å². The minimum atomic E-state index is -0.840. The van der Waals surface area contributed by atoms with Crippen LogP contribution >= 0.6 is 0 Å². The maximum Gasteiger partial charge on any atom is 0.310 e. The molecule has 0 radical (unpaired) electrons. The van der Waals surface area contributed by atoms with Gasteiger partial charge in [-0.1, -0.05) is 12.7 Å². The number of hydrogen-bond donors (Lipinski definition) is 1. The molecule has 0 atom stereocenters. The molecule has 0 fully saturated rings. The number of nitrogens with two attached hydrogens (primary N) is 1. The molecule has 0 saturated heterocycles. The summed E-state index contributed by atoms with van der Waals surface area (Å²) >= 11 is 0. The van der Waals surface area contributed by atoms with Crippen LogP contribution in [-0.2, 0) is 0 Å². The lowest BCUT2D eigenvalue weighted by atomic mass is 10.3. The van der Waals surface area contributed by atoms with E-state index in [0.29, 0.717) is 11.4 Å². The highest BCUT2D eigenvalue weighted by atomic mass is 19.1. The van der Waals surface area contributed by atoms with Crippen molar-refractivity contribution in [3.05, 3.63) is 24.4 Å². The standard InChI is InChI=1S/C8H9FN4/c1-3-4-11-6-5(2)12-8(9)13-7(6)10/h3-4H,1H2,2H3,(H2,10,12,13). The number of hydrogen-bond acceptors (Lipinski definition) is 4. The van der Waals surface area contributed by atoms with Gasteiger partial charge in [-0.05, 0) is 6.92 Å². The van der Waals surface area contributed by atoms with E-state index in [-0.39, 0.29) is 5.82 Å². The molecular formula is C8H9FN4. The van der Waals surface area contributed by atoms with E-state index < -0.39 is 6.08 Å². The number of allylic oxidation sites excluding steroid dienone is 1. The van der Waals surface area contributed by atoms with Gasteiger partial charge in [0.25, 0.3) is 0 Å². The lowest BCUT2D eigenvalue weighted by Gasteiger charge is -2.01. The van der Waals surface area contributed by atoms with Crippen LogP contribution in [0.2, 0.25) is 0 Å². The van der Waals surface area contributed by atoms with Crippen molar-refractivity contribution in [1.82, 2.24) is 9.97 Å². The zero-order valence-corrected chi connectivity index (χ0v) is 7.16. The third-order valence-electron chi connectivity index (χ3n) is 1.37. The van der Waals surface area contributed by atoms with Gasteiger partial charge in [0.15, 0.2) is 5.82 Å². The molecule has 0 spiro atoms. The molecule has 0 aliphatic rings. The van der Waals surface area contributed by atoms with E-state index in [1.54, 1.807) is 6.92 Å². The first kappa shape index (κ1) is 9.31. The third kappa shape index (κ3) is 2.08. The maximum absolute atomic E-state index is 12.6. The number of aliphatic imine (C=N–C) groups is 1. The van der Waals surface area contributed by atoms with Crippen molar-refractivity contribution in [2.45, 2.75) is 6.92 Å². The first-order valence-corrected chi connectivity index (χ1v) is 3.60. The highest BCUT2D eigenvalue weighted by molar-refractivity contribution is 5.76. The molecule has 4 nitrogen and oxygen atoms in total. The lowest BCUT2D eigenvalue weighted by molar-refractivity contribution is 0.537. The average Bonchev–Trinajstić information content (AvgIpc) is 2.02. The SMILES string of the molecule is C=CC=Nc1c(C)nc(F)nc1N. The Hall–Kier alpha value is -1.78. The van der Waals surface area contributed by atoms with Gasteiger partial charge in [-0.25, -0.2) is 4.98 Å². The van der Waals surface area contributed by atoms with E-state index in [1.165, 1.54) is 12.3 Å². The zero-order chi connectivity index (χ0) is 9.84. The summed E-state index contributed by atoms with van der Waals surface area (Å²) in [7, 11) is 0. The molecule has 0 saturated carbocycles. The van der Waals surface area contributed by atoms with E-state index in [0.717, 1.165) is 0 Å². The quantitative estimate of drug-likeness (QED) is 0.552. The summed E-state index contributed by atoms with van der Waals surface area (Å²) in [6.45, 7) is 5.06. The Balaban J connectivity index is 3.20. The summed E-state index contributed by atoms with van der Waals surface area (Å²) in [4.78, 5) is 10.7. The molecule has 5 heteroatoms. The minimum Gasteiger partial charge on any atom is -0.382 e. The summed E-state index contributed by atoms with van der Waals surface area (Å²) < 4.78 is 12.6. The summed E-state index contributed by atoms with van der Waals surface area (Å²) in [5.74, 6) is 0.0306. The van der Waals surface area contributed by atoms with E-state index in [2.05, 4.69) is 21.5 Å². The Kier molecular flexibility index (Phi) is 2.69. The molecule has 1 aromatic heterocycles. The van der Waals surface area contributed by atoms with Crippen LogP contribution in [0.15, 0.2) is 17.6 Å². The third-order valence-corrected chi connectivity index (χ3v) is 1.37. The monoisotopic (exact) mass is 180 g/mol. The van der Waals surface area contributed by atoms with Gasteiger partial charge in [-0.15, -0.1) is 0 Å². The van der Waals surface area contributed by atoms with Crippen LogP contribution in [-0.4, -0.2) is 16.2 Å². The van der Waals surface area contributed by atoms with E-state index >= 15 is 0 Å². The van der Waals surface area contributed by atoms with Gasteiger partial charge in [0, 0.05) is 6.21 Å². The number of halogens is 1. The second-order valence-corrected chi connectivity index (χ2v) is 2.33. The molecular weight excluding hydrogens is 171 g/mol. The Bertz CT molecular complexity index is 336. The van der Waals surface area contributed by atoms with Gasteiger partial charge in [0.05, 0.1) is 5.69 Å². The first-order chi connectivity index (χ1) is 6.15. The van der Waals surface area contributed by atoms with Gasteiger partial charge in [-0.3, -0.25) is 4.99 Å². The van der Waals surface area contributed by atoms with Crippen LogP contribution < -0.4 is 5.73 Å². The van der Waals surface area contributed by atoms with Crippen molar-refractivity contribution in [3.63, 3.8) is 0 Å². The Morgan fingerprint density at radius 2 is 2.23 bits per heavy atom. The number of nitrogens with zero attached hydrogens (tertiary/aromatic N) is 3. The summed E-state index contributed by atoms with van der Waals surface area (Å²) in [6, 6.07) is 0. The van der Waals surface area contributed by atoms with Gasteiger partial charge in [0.1, 0.15) is 5.69 Å². The molecule has 1 rings (SSSR count). The van der Waals surface area contributed by atoms with Gasteiger partial charge in [-0.2, -0.15) is 9.37 Å². The van der Waals surface area contributed by atoms with Crippen molar-refractivity contribution < 1.29 is 4.39 Å². The fourth-order valence-corrected chi connectivity index (χ4v) is 0.841. The summed E-state index contributed by atoms with van der Waals surface area (Å²) in [5, 5.41) is 0. The number of aromatic nitrogens is 2. The molecule has 13 heavy (non-hydrogen) atoms. The fraction of sp³-hybridized carbons (Fsp3) is 0.125. The van der Waals surface area contributed by atoms with Crippen molar-refractivity contribution in [1.29, 1.82) is 0 Å². The second-order valence-electron chi connectivity index (χ2n) is 2.33. The number of rotatable bonds is 2. The zero-order valence-electron chi connectivity index (χ0n) is 7.16. The largest absolute Gasteiger partial charge is 0.382 e. The van der Waals surface area contributed by atoms with Crippen molar-refractivity contribution in [2.24, 2.45) is 4.99 Å². The molecule has 0 aliphatic heterocycles. The number of aryl methyl sites for hydroxylation is 1. The molecule has 1 aromatic rings. The molecule has 1 heterocycles. The number of nitrogen functional groups attached to an aromatic ring is 1. The van der Waals surface area contributed by atoms with Gasteiger partial charge in [0.2, 0.25) is 0 Å². The molecule has 0 bridgehead atoms. The average molecular weight is 180 g/mol. The highest BCUT2D eigenvalue weighted by Crippen LogP contribution is 2.21. The molecule has 0 aromatic carbocycles. The predicted molar refractivity (Wildman–Crippen MR) is 49.5 cm³/mol. The van der Waals surface area contributed by atoms with E-state index in [4.69, 9.17) is 5.73 Å². The van der Waals surface area contributed by atoms with Crippen LogP contribution in [0.4, 0.5) is 15.9 Å². The van der Waals surface area contributed by atoms with Gasteiger partial charge >= 0.3 is 6.08 Å². The smallest absolute Gasteiger partial charge is 0.310 e. The topological polar surface area (TPSA) is 64.2 Å². The predicted octanol–water partition coefficient (Wildman–Crippen LogP) is 1.39. The van der Waals surface area contributed by atoms with Crippen LogP contribution in [0.25, 0.3) is 0 Å². The van der Waals surface area contributed by atoms with Crippen LogP contribution in [0.5, 0.6) is 0 Å². The van der Waals surface area contributed by atoms with Crippen LogP contribution in [0, 0.1) is 13.0 Å². The molecule has 0 unspecified atom stereocenters. The normalized spacial score (nSPS) is 10.6. The molecule has 2 N–H and O–H groups in total. The molecule has 0 aliphatic carbocycles. The van der Waals surface area contributed by atoms with E-state index in [1.807, 2.05) is 0 Å². The Morgan fingerprint density at radius 1 is 1.54 bits per heavy atom. The first-order valence-electron chi connectivity index (χ1n) is 3.60. The number of anilines is 1. The van der Waals surface area contributed by atoms with E-state index in [9.17, 15) is 4.39 Å². The maximum atomic E-state index is 12.6. The highest BCUT2D eigenvalue weighted by Gasteiger charge is 2.06. The Labute approximate surface area is 75.0 Å².